The van der Waals surface area contributed by atoms with Crippen molar-refractivity contribution in [3.63, 3.8) is 0 Å². The summed E-state index contributed by atoms with van der Waals surface area (Å²) in [5.41, 5.74) is 8.11. The minimum absolute atomic E-state index is 0.133. The molecule has 0 atom stereocenters. The van der Waals surface area contributed by atoms with Crippen molar-refractivity contribution in [1.29, 1.82) is 0 Å². The number of hydrogen-bond donors (Lipinski definition) is 3. The molecule has 19 heavy (non-hydrogen) atoms. The van der Waals surface area contributed by atoms with Gasteiger partial charge < -0.3 is 10.7 Å². The van der Waals surface area contributed by atoms with E-state index in [2.05, 4.69) is 27.1 Å². The summed E-state index contributed by atoms with van der Waals surface area (Å²) in [5, 5.41) is 0.553. The van der Waals surface area contributed by atoms with Gasteiger partial charge in [0, 0.05) is 5.69 Å². The average molecular weight is 254 g/mol. The number of rotatable bonds is 3. The molecule has 0 bridgehead atoms. The molecule has 0 saturated carbocycles. The largest absolute Gasteiger partial charge is 0.369 e. The number of nitrogens with two attached hydrogens (primary N) is 1. The van der Waals surface area contributed by atoms with Crippen LogP contribution in [0.1, 0.15) is 11.3 Å². The van der Waals surface area contributed by atoms with Crippen LogP contribution < -0.4 is 11.3 Å². The molecule has 2 heterocycles. The summed E-state index contributed by atoms with van der Waals surface area (Å²) >= 11 is 0. The third-order valence-corrected chi connectivity index (χ3v) is 3.10. The van der Waals surface area contributed by atoms with Gasteiger partial charge >= 0.3 is 0 Å². The highest BCUT2D eigenvalue weighted by atomic mass is 16.1. The van der Waals surface area contributed by atoms with Gasteiger partial charge in [-0.2, -0.15) is 4.98 Å². The van der Waals surface area contributed by atoms with Gasteiger partial charge in [-0.15, -0.1) is 0 Å². The fraction of sp³-hybridized carbons (Fsp3) is 0.143. The summed E-state index contributed by atoms with van der Waals surface area (Å²) in [4.78, 5) is 21.4. The van der Waals surface area contributed by atoms with Crippen LogP contribution in [0.4, 0.5) is 5.95 Å². The Bertz CT molecular complexity index is 758. The predicted molar refractivity (Wildman–Crippen MR) is 75.0 cm³/mol. The smallest absolute Gasteiger partial charge is 0.261 e. The molecule has 0 radical (unpaired) electrons. The van der Waals surface area contributed by atoms with E-state index in [-0.39, 0.29) is 11.5 Å². The van der Waals surface area contributed by atoms with Crippen LogP contribution in [-0.2, 0) is 12.8 Å². The maximum Gasteiger partial charge on any atom is 0.261 e. The van der Waals surface area contributed by atoms with E-state index in [1.807, 2.05) is 24.3 Å². The van der Waals surface area contributed by atoms with Crippen molar-refractivity contribution >= 4 is 17.0 Å². The molecule has 0 unspecified atom stereocenters. The van der Waals surface area contributed by atoms with E-state index in [1.165, 1.54) is 5.56 Å². The Hall–Kier alpha value is -2.56. The van der Waals surface area contributed by atoms with Gasteiger partial charge in [-0.3, -0.25) is 9.78 Å². The molecule has 1 aromatic carbocycles. The monoisotopic (exact) mass is 254 g/mol. The summed E-state index contributed by atoms with van der Waals surface area (Å²) in [6, 6.07) is 12.1. The summed E-state index contributed by atoms with van der Waals surface area (Å²) < 4.78 is 0. The Labute approximate surface area is 109 Å². The van der Waals surface area contributed by atoms with Gasteiger partial charge in [-0.05, 0) is 24.5 Å². The molecule has 96 valence electrons. The number of aromatic nitrogens is 3. The zero-order valence-electron chi connectivity index (χ0n) is 10.3. The zero-order valence-corrected chi connectivity index (χ0v) is 10.3. The first-order chi connectivity index (χ1) is 9.22. The number of H-pyrrole nitrogens is 2. The van der Waals surface area contributed by atoms with Gasteiger partial charge in [0.15, 0.2) is 0 Å². The lowest BCUT2D eigenvalue weighted by atomic mass is 10.1. The topological polar surface area (TPSA) is 87.6 Å². The van der Waals surface area contributed by atoms with Crippen LogP contribution in [-0.4, -0.2) is 15.0 Å². The molecule has 0 fully saturated rings. The number of nitrogens with one attached hydrogen (secondary N) is 2. The van der Waals surface area contributed by atoms with E-state index in [0.717, 1.165) is 18.5 Å². The zero-order chi connectivity index (χ0) is 13.2. The van der Waals surface area contributed by atoms with Gasteiger partial charge in [0.2, 0.25) is 5.95 Å². The number of aromatic amines is 2. The van der Waals surface area contributed by atoms with Crippen molar-refractivity contribution in [2.75, 3.05) is 5.73 Å². The van der Waals surface area contributed by atoms with Crippen LogP contribution in [0.15, 0.2) is 41.2 Å². The van der Waals surface area contributed by atoms with Crippen molar-refractivity contribution in [2.45, 2.75) is 12.8 Å². The Morgan fingerprint density at radius 3 is 2.68 bits per heavy atom. The van der Waals surface area contributed by atoms with Crippen LogP contribution in [0.2, 0.25) is 0 Å². The normalized spacial score (nSPS) is 10.9. The van der Waals surface area contributed by atoms with Crippen LogP contribution in [0.3, 0.4) is 0 Å². The second-order valence-electron chi connectivity index (χ2n) is 4.49. The minimum atomic E-state index is -0.204. The van der Waals surface area contributed by atoms with E-state index < -0.39 is 0 Å². The lowest BCUT2D eigenvalue weighted by Gasteiger charge is -1.98. The summed E-state index contributed by atoms with van der Waals surface area (Å²) in [7, 11) is 0. The second kappa shape index (κ2) is 4.61. The highest BCUT2D eigenvalue weighted by Gasteiger charge is 2.06. The molecule has 0 aliphatic carbocycles. The fourth-order valence-electron chi connectivity index (χ4n) is 2.15. The number of nitrogen functional groups attached to an aromatic ring is 1. The molecule has 0 spiro atoms. The van der Waals surface area contributed by atoms with Gasteiger partial charge in [0.1, 0.15) is 5.65 Å². The number of anilines is 1. The molecular formula is C14H14N4O. The van der Waals surface area contributed by atoms with Crippen LogP contribution >= 0.6 is 0 Å². The molecule has 5 heteroatoms. The molecule has 0 aliphatic rings. The van der Waals surface area contributed by atoms with Gasteiger partial charge in [0.05, 0.1) is 5.39 Å². The van der Waals surface area contributed by atoms with Crippen molar-refractivity contribution in [3.05, 3.63) is 58.0 Å². The molecule has 2 aromatic heterocycles. The first kappa shape index (κ1) is 11.5. The Morgan fingerprint density at radius 1 is 1.11 bits per heavy atom. The van der Waals surface area contributed by atoms with Crippen molar-refractivity contribution in [2.24, 2.45) is 0 Å². The summed E-state index contributed by atoms with van der Waals surface area (Å²) in [6.07, 6.45) is 1.75. The maximum atomic E-state index is 11.7. The van der Waals surface area contributed by atoms with E-state index >= 15 is 0 Å². The number of fused-ring (bicyclic) bond motifs is 1. The SMILES string of the molecule is Nc1nc2[nH]c(CCc3ccccc3)cc2c(=O)[nH]1. The lowest BCUT2D eigenvalue weighted by molar-refractivity contribution is 0.928. The molecular weight excluding hydrogens is 240 g/mol. The number of nitrogens with zero attached hydrogens (tertiary/aromatic N) is 1. The van der Waals surface area contributed by atoms with Crippen LogP contribution in [0, 0.1) is 0 Å². The van der Waals surface area contributed by atoms with Crippen LogP contribution in [0.25, 0.3) is 11.0 Å². The Kier molecular flexibility index (Phi) is 2.79. The molecule has 0 aliphatic heterocycles. The molecule has 0 saturated heterocycles. The average Bonchev–Trinajstić information content (AvgIpc) is 2.81. The fourth-order valence-corrected chi connectivity index (χ4v) is 2.15. The molecule has 0 amide bonds. The van der Waals surface area contributed by atoms with Gasteiger partial charge in [-0.25, -0.2) is 0 Å². The van der Waals surface area contributed by atoms with Crippen molar-refractivity contribution in [1.82, 2.24) is 15.0 Å². The van der Waals surface area contributed by atoms with E-state index in [9.17, 15) is 4.79 Å². The molecule has 3 rings (SSSR count). The van der Waals surface area contributed by atoms with E-state index in [4.69, 9.17) is 5.73 Å². The standard InChI is InChI=1S/C14H14N4O/c15-14-17-12-11(13(19)18-14)8-10(16-12)7-6-9-4-2-1-3-5-9/h1-5,8H,6-7H2,(H4,15,16,17,18,19). The second-order valence-corrected chi connectivity index (χ2v) is 4.49. The maximum absolute atomic E-state index is 11.7. The number of hydrogen-bond acceptors (Lipinski definition) is 3. The minimum Gasteiger partial charge on any atom is -0.369 e. The quantitative estimate of drug-likeness (QED) is 0.663. The molecule has 4 N–H and O–H groups in total. The van der Waals surface area contributed by atoms with E-state index in [0.29, 0.717) is 11.0 Å². The lowest BCUT2D eigenvalue weighted by Crippen LogP contribution is -2.09. The van der Waals surface area contributed by atoms with E-state index in [1.54, 1.807) is 0 Å². The molecule has 5 nitrogen and oxygen atoms in total. The highest BCUT2D eigenvalue weighted by molar-refractivity contribution is 5.76. The first-order valence-corrected chi connectivity index (χ1v) is 6.14. The highest BCUT2D eigenvalue weighted by Crippen LogP contribution is 2.12. The first-order valence-electron chi connectivity index (χ1n) is 6.14. The van der Waals surface area contributed by atoms with Gasteiger partial charge in [-0.1, -0.05) is 30.3 Å². The van der Waals surface area contributed by atoms with Crippen molar-refractivity contribution < 1.29 is 0 Å². The Morgan fingerprint density at radius 2 is 1.89 bits per heavy atom. The third kappa shape index (κ3) is 2.35. The predicted octanol–water partition coefficient (Wildman–Crippen LogP) is 1.62. The van der Waals surface area contributed by atoms with Gasteiger partial charge in [0.25, 0.3) is 5.56 Å². The third-order valence-electron chi connectivity index (χ3n) is 3.10. The van der Waals surface area contributed by atoms with Crippen LogP contribution in [0.5, 0.6) is 0 Å². The molecule has 3 aromatic rings. The van der Waals surface area contributed by atoms with Crippen molar-refractivity contribution in [3.8, 4) is 0 Å². The number of benzene rings is 1. The summed E-state index contributed by atoms with van der Waals surface area (Å²) in [6.45, 7) is 0. The Balaban J connectivity index is 1.86. The summed E-state index contributed by atoms with van der Waals surface area (Å²) in [5.74, 6) is 0.133. The number of aryl methyl sites for hydroxylation is 2.